The minimum atomic E-state index is -2.41. The van der Waals surface area contributed by atoms with Crippen molar-refractivity contribution in [1.29, 1.82) is 0 Å². The van der Waals surface area contributed by atoms with Gasteiger partial charge in [0.15, 0.2) is 5.83 Å². The van der Waals surface area contributed by atoms with Gasteiger partial charge < -0.3 is 4.74 Å². The first-order chi connectivity index (χ1) is 8.43. The van der Waals surface area contributed by atoms with Crippen molar-refractivity contribution in [3.05, 3.63) is 53.6 Å². The van der Waals surface area contributed by atoms with Crippen molar-refractivity contribution in [2.45, 2.75) is 13.5 Å². The normalized spacial score (nSPS) is 9.78. The Kier molecular flexibility index (Phi) is 4.71. The van der Waals surface area contributed by atoms with Crippen LogP contribution in [0.5, 0.6) is 0 Å². The maximum atomic E-state index is 13.2. The van der Waals surface area contributed by atoms with Gasteiger partial charge >= 0.3 is 12.0 Å². The van der Waals surface area contributed by atoms with Crippen LogP contribution in [-0.4, -0.2) is 5.97 Å². The van der Waals surface area contributed by atoms with E-state index in [4.69, 9.17) is 4.74 Å². The molecule has 0 saturated heterocycles. The first-order valence-electron chi connectivity index (χ1n) is 5.05. The Labute approximate surface area is 102 Å². The highest BCUT2D eigenvalue weighted by Gasteiger charge is 2.14. The molecule has 0 amide bonds. The van der Waals surface area contributed by atoms with Crippen LogP contribution in [0.15, 0.2) is 42.5 Å². The summed E-state index contributed by atoms with van der Waals surface area (Å²) in [6, 6.07) is 5.56. The third kappa shape index (κ3) is 3.48. The Morgan fingerprint density at radius 3 is 2.44 bits per heavy atom. The molecule has 0 aliphatic rings. The first kappa shape index (κ1) is 14.0. The van der Waals surface area contributed by atoms with Crippen LogP contribution in [0, 0.1) is 0 Å². The number of esters is 1. The van der Waals surface area contributed by atoms with Crippen LogP contribution in [-0.2, 0) is 16.1 Å². The Bertz CT molecular complexity index is 503. The average Bonchev–Trinajstić information content (AvgIpc) is 2.35. The van der Waals surface area contributed by atoms with Gasteiger partial charge in [-0.1, -0.05) is 30.8 Å². The lowest BCUT2D eigenvalue weighted by atomic mass is 10.1. The standard InChI is InChI=1S/C13H11F3O2/c1-8(2)13(17)18-7-9-5-3-4-6-10(9)11(14)12(15)16/h3-6H,1,7H2,2H3. The molecule has 0 atom stereocenters. The summed E-state index contributed by atoms with van der Waals surface area (Å²) in [5.41, 5.74) is 0.0598. The summed E-state index contributed by atoms with van der Waals surface area (Å²) in [5, 5.41) is 0. The van der Waals surface area contributed by atoms with Crippen LogP contribution in [0.1, 0.15) is 18.1 Å². The Morgan fingerprint density at radius 2 is 1.89 bits per heavy atom. The quantitative estimate of drug-likeness (QED) is 0.604. The number of ether oxygens (including phenoxy) is 1. The SMILES string of the molecule is C=C(C)C(=O)OCc1ccccc1C(F)=C(F)F. The number of benzene rings is 1. The lowest BCUT2D eigenvalue weighted by Gasteiger charge is -2.08. The number of hydrogen-bond donors (Lipinski definition) is 0. The summed E-state index contributed by atoms with van der Waals surface area (Å²) < 4.78 is 42.4. The summed E-state index contributed by atoms with van der Waals surface area (Å²) in [7, 11) is 0. The second-order valence-corrected chi connectivity index (χ2v) is 3.59. The van der Waals surface area contributed by atoms with Gasteiger partial charge in [0.1, 0.15) is 6.61 Å². The minimum absolute atomic E-state index is 0.164. The highest BCUT2D eigenvalue weighted by Crippen LogP contribution is 2.25. The molecule has 5 heteroatoms. The van der Waals surface area contributed by atoms with Gasteiger partial charge in [-0.25, -0.2) is 9.18 Å². The Hall–Kier alpha value is -2.04. The van der Waals surface area contributed by atoms with Crippen molar-refractivity contribution >= 4 is 11.8 Å². The van der Waals surface area contributed by atoms with Crippen molar-refractivity contribution in [2.24, 2.45) is 0 Å². The van der Waals surface area contributed by atoms with E-state index in [1.54, 1.807) is 0 Å². The second kappa shape index (κ2) is 6.05. The molecule has 1 aromatic rings. The zero-order chi connectivity index (χ0) is 13.7. The lowest BCUT2D eigenvalue weighted by molar-refractivity contribution is -0.140. The fourth-order valence-corrected chi connectivity index (χ4v) is 1.23. The fraction of sp³-hybridized carbons (Fsp3) is 0.154. The molecule has 96 valence electrons. The maximum absolute atomic E-state index is 13.2. The molecule has 0 bridgehead atoms. The summed E-state index contributed by atoms with van der Waals surface area (Å²) in [6.45, 7) is 4.54. The molecule has 0 aromatic heterocycles. The van der Waals surface area contributed by atoms with E-state index in [2.05, 4.69) is 6.58 Å². The zero-order valence-electron chi connectivity index (χ0n) is 9.67. The van der Waals surface area contributed by atoms with E-state index < -0.39 is 17.9 Å². The number of carbonyl (C=O) groups is 1. The Balaban J connectivity index is 2.94. The van der Waals surface area contributed by atoms with E-state index in [0.29, 0.717) is 0 Å². The van der Waals surface area contributed by atoms with E-state index in [-0.39, 0.29) is 23.3 Å². The summed E-state index contributed by atoms with van der Waals surface area (Å²) >= 11 is 0. The zero-order valence-corrected chi connectivity index (χ0v) is 9.67. The van der Waals surface area contributed by atoms with Crippen LogP contribution in [0.3, 0.4) is 0 Å². The van der Waals surface area contributed by atoms with E-state index in [0.717, 1.165) is 0 Å². The molecule has 0 heterocycles. The number of carbonyl (C=O) groups excluding carboxylic acids is 1. The molecule has 0 aliphatic heterocycles. The van der Waals surface area contributed by atoms with E-state index in [1.165, 1.54) is 31.2 Å². The molecular formula is C13H11F3O2. The van der Waals surface area contributed by atoms with Crippen LogP contribution >= 0.6 is 0 Å². The van der Waals surface area contributed by atoms with E-state index in [1.807, 2.05) is 0 Å². The highest BCUT2D eigenvalue weighted by molar-refractivity contribution is 5.86. The number of rotatable bonds is 4. The summed E-state index contributed by atoms with van der Waals surface area (Å²) in [4.78, 5) is 11.2. The van der Waals surface area contributed by atoms with Gasteiger partial charge in [0.2, 0.25) is 0 Å². The third-order valence-electron chi connectivity index (χ3n) is 2.13. The van der Waals surface area contributed by atoms with E-state index >= 15 is 0 Å². The molecule has 0 fully saturated rings. The van der Waals surface area contributed by atoms with Gasteiger partial charge in [0.05, 0.1) is 0 Å². The van der Waals surface area contributed by atoms with Crippen molar-refractivity contribution in [3.8, 4) is 0 Å². The topological polar surface area (TPSA) is 26.3 Å². The van der Waals surface area contributed by atoms with Gasteiger partial charge in [-0.2, -0.15) is 8.78 Å². The maximum Gasteiger partial charge on any atom is 0.333 e. The number of hydrogen-bond acceptors (Lipinski definition) is 2. The average molecular weight is 256 g/mol. The van der Waals surface area contributed by atoms with Gasteiger partial charge in [-0.3, -0.25) is 0 Å². The molecule has 0 radical (unpaired) electrons. The van der Waals surface area contributed by atoms with Crippen LogP contribution < -0.4 is 0 Å². The molecule has 2 nitrogen and oxygen atoms in total. The summed E-state index contributed by atoms with van der Waals surface area (Å²) in [5.74, 6) is -2.27. The molecule has 0 saturated carbocycles. The molecule has 0 spiro atoms. The fourth-order valence-electron chi connectivity index (χ4n) is 1.23. The van der Waals surface area contributed by atoms with Gasteiger partial charge in [0.25, 0.3) is 0 Å². The largest absolute Gasteiger partial charge is 0.457 e. The molecule has 18 heavy (non-hydrogen) atoms. The molecular weight excluding hydrogens is 245 g/mol. The van der Waals surface area contributed by atoms with Crippen molar-refractivity contribution < 1.29 is 22.7 Å². The van der Waals surface area contributed by atoms with Gasteiger partial charge in [-0.05, 0) is 12.5 Å². The lowest BCUT2D eigenvalue weighted by Crippen LogP contribution is -2.06. The summed E-state index contributed by atoms with van der Waals surface area (Å²) in [6.07, 6.45) is -2.41. The highest BCUT2D eigenvalue weighted by atomic mass is 19.3. The monoisotopic (exact) mass is 256 g/mol. The van der Waals surface area contributed by atoms with Crippen molar-refractivity contribution in [2.75, 3.05) is 0 Å². The van der Waals surface area contributed by atoms with Crippen molar-refractivity contribution in [1.82, 2.24) is 0 Å². The Morgan fingerprint density at radius 1 is 1.28 bits per heavy atom. The van der Waals surface area contributed by atoms with Gasteiger partial charge in [-0.15, -0.1) is 0 Å². The smallest absolute Gasteiger partial charge is 0.333 e. The first-order valence-corrected chi connectivity index (χ1v) is 5.05. The van der Waals surface area contributed by atoms with Crippen LogP contribution in [0.2, 0.25) is 0 Å². The molecule has 1 rings (SSSR count). The predicted octanol–water partition coefficient (Wildman–Crippen LogP) is 3.84. The molecule has 0 N–H and O–H groups in total. The number of halogens is 3. The van der Waals surface area contributed by atoms with Crippen LogP contribution in [0.25, 0.3) is 5.83 Å². The third-order valence-corrected chi connectivity index (χ3v) is 2.13. The predicted molar refractivity (Wildman–Crippen MR) is 61.3 cm³/mol. The van der Waals surface area contributed by atoms with E-state index in [9.17, 15) is 18.0 Å². The molecule has 0 aliphatic carbocycles. The molecule has 0 unspecified atom stereocenters. The van der Waals surface area contributed by atoms with Crippen LogP contribution in [0.4, 0.5) is 13.2 Å². The minimum Gasteiger partial charge on any atom is -0.457 e. The van der Waals surface area contributed by atoms with Crippen molar-refractivity contribution in [3.63, 3.8) is 0 Å². The van der Waals surface area contributed by atoms with Gasteiger partial charge in [0, 0.05) is 11.1 Å². The molecule has 1 aromatic carbocycles. The second-order valence-electron chi connectivity index (χ2n) is 3.59.